The molecule has 1 aromatic rings. The first kappa shape index (κ1) is 8.99. The number of nitrogens with zero attached hydrogens (tertiary/aromatic N) is 2. The first-order valence-corrected chi connectivity index (χ1v) is 3.51. The van der Waals surface area contributed by atoms with E-state index in [4.69, 9.17) is 5.73 Å². The van der Waals surface area contributed by atoms with Crippen LogP contribution in [0.5, 0.6) is 0 Å². The van der Waals surface area contributed by atoms with Crippen molar-refractivity contribution in [1.29, 1.82) is 0 Å². The Kier molecular flexibility index (Phi) is 3.04. The second kappa shape index (κ2) is 4.06. The third-order valence-electron chi connectivity index (χ3n) is 1.48. The number of halogens is 2. The van der Waals surface area contributed by atoms with E-state index in [0.717, 1.165) is 0 Å². The number of aromatic nitrogens is 2. The van der Waals surface area contributed by atoms with Crippen LogP contribution in [0, 0.1) is 0 Å². The molecule has 66 valence electrons. The average Bonchev–Trinajstić information content (AvgIpc) is 2.07. The largest absolute Gasteiger partial charge is 0.330 e. The standard InChI is InChI=1S/C7H9F2N3/c8-6(9)5(4-10)7-11-2-1-3-12-7/h1-3,5-6H,4,10H2. The maximum atomic E-state index is 12.2. The summed E-state index contributed by atoms with van der Waals surface area (Å²) in [6, 6.07) is 1.57. The van der Waals surface area contributed by atoms with Crippen LogP contribution in [0.25, 0.3) is 0 Å². The second-order valence-electron chi connectivity index (χ2n) is 2.28. The summed E-state index contributed by atoms with van der Waals surface area (Å²) in [6.07, 6.45) is 0.346. The average molecular weight is 173 g/mol. The summed E-state index contributed by atoms with van der Waals surface area (Å²) < 4.78 is 24.5. The van der Waals surface area contributed by atoms with Crippen LogP contribution < -0.4 is 5.73 Å². The van der Waals surface area contributed by atoms with Gasteiger partial charge in [-0.2, -0.15) is 0 Å². The van der Waals surface area contributed by atoms with Crippen LogP contribution in [0.3, 0.4) is 0 Å². The lowest BCUT2D eigenvalue weighted by Gasteiger charge is -2.10. The number of hydrogen-bond acceptors (Lipinski definition) is 3. The van der Waals surface area contributed by atoms with Crippen LogP contribution in [-0.2, 0) is 0 Å². The zero-order valence-electron chi connectivity index (χ0n) is 6.32. The van der Waals surface area contributed by atoms with Gasteiger partial charge in [0.25, 0.3) is 0 Å². The van der Waals surface area contributed by atoms with E-state index >= 15 is 0 Å². The van der Waals surface area contributed by atoms with Crippen molar-refractivity contribution >= 4 is 0 Å². The molecule has 0 spiro atoms. The normalized spacial score (nSPS) is 13.3. The van der Waals surface area contributed by atoms with Crippen molar-refractivity contribution in [3.8, 4) is 0 Å². The minimum Gasteiger partial charge on any atom is -0.330 e. The van der Waals surface area contributed by atoms with E-state index in [2.05, 4.69) is 9.97 Å². The molecule has 0 bridgehead atoms. The molecule has 0 aliphatic heterocycles. The van der Waals surface area contributed by atoms with Crippen molar-refractivity contribution in [1.82, 2.24) is 9.97 Å². The molecular weight excluding hydrogens is 164 g/mol. The fourth-order valence-corrected chi connectivity index (χ4v) is 0.823. The van der Waals surface area contributed by atoms with Crippen LogP contribution in [0.2, 0.25) is 0 Å². The SMILES string of the molecule is NCC(c1ncccn1)C(F)F. The summed E-state index contributed by atoms with van der Waals surface area (Å²) in [5.41, 5.74) is 5.15. The van der Waals surface area contributed by atoms with Gasteiger partial charge >= 0.3 is 0 Å². The van der Waals surface area contributed by atoms with Crippen molar-refractivity contribution < 1.29 is 8.78 Å². The molecule has 1 unspecified atom stereocenters. The molecule has 0 fully saturated rings. The summed E-state index contributed by atoms with van der Waals surface area (Å²) in [6.45, 7) is -0.137. The van der Waals surface area contributed by atoms with Gasteiger partial charge in [0.15, 0.2) is 0 Å². The van der Waals surface area contributed by atoms with Gasteiger partial charge in [0.2, 0.25) is 6.43 Å². The quantitative estimate of drug-likeness (QED) is 0.735. The molecule has 1 atom stereocenters. The smallest absolute Gasteiger partial charge is 0.249 e. The van der Waals surface area contributed by atoms with Gasteiger partial charge in [-0.25, -0.2) is 18.7 Å². The van der Waals surface area contributed by atoms with E-state index in [1.807, 2.05) is 0 Å². The highest BCUT2D eigenvalue weighted by Crippen LogP contribution is 2.17. The maximum absolute atomic E-state index is 12.2. The molecule has 0 saturated carbocycles. The molecule has 0 aliphatic rings. The Morgan fingerprint density at radius 3 is 2.33 bits per heavy atom. The van der Waals surface area contributed by atoms with Crippen LogP contribution in [-0.4, -0.2) is 22.9 Å². The van der Waals surface area contributed by atoms with Gasteiger partial charge in [0.1, 0.15) is 5.82 Å². The zero-order chi connectivity index (χ0) is 8.97. The molecule has 2 N–H and O–H groups in total. The fourth-order valence-electron chi connectivity index (χ4n) is 0.823. The van der Waals surface area contributed by atoms with Crippen molar-refractivity contribution in [2.45, 2.75) is 12.3 Å². The monoisotopic (exact) mass is 173 g/mol. The third-order valence-corrected chi connectivity index (χ3v) is 1.48. The molecule has 1 heterocycles. The number of nitrogens with two attached hydrogens (primary N) is 1. The lowest BCUT2D eigenvalue weighted by molar-refractivity contribution is 0.113. The van der Waals surface area contributed by atoms with Crippen molar-refractivity contribution in [2.24, 2.45) is 5.73 Å². The van der Waals surface area contributed by atoms with Gasteiger partial charge in [-0.3, -0.25) is 0 Å². The number of rotatable bonds is 3. The molecule has 0 amide bonds. The van der Waals surface area contributed by atoms with Gasteiger partial charge in [-0.05, 0) is 6.07 Å². The first-order chi connectivity index (χ1) is 5.75. The highest BCUT2D eigenvalue weighted by molar-refractivity contribution is 4.98. The molecule has 1 aromatic heterocycles. The van der Waals surface area contributed by atoms with E-state index in [1.54, 1.807) is 6.07 Å². The van der Waals surface area contributed by atoms with Crippen molar-refractivity contribution in [3.05, 3.63) is 24.3 Å². The Bertz CT molecular complexity index is 227. The summed E-state index contributed by atoms with van der Waals surface area (Å²) in [7, 11) is 0. The lowest BCUT2D eigenvalue weighted by atomic mass is 10.1. The van der Waals surface area contributed by atoms with E-state index in [1.165, 1.54) is 12.4 Å². The molecule has 3 nitrogen and oxygen atoms in total. The Balaban J connectivity index is 2.80. The van der Waals surface area contributed by atoms with Gasteiger partial charge in [0.05, 0.1) is 5.92 Å². The topological polar surface area (TPSA) is 51.8 Å². The molecule has 0 saturated heterocycles. The van der Waals surface area contributed by atoms with Gasteiger partial charge in [-0.15, -0.1) is 0 Å². The number of hydrogen-bond donors (Lipinski definition) is 1. The predicted molar refractivity (Wildman–Crippen MR) is 39.8 cm³/mol. The van der Waals surface area contributed by atoms with Crippen molar-refractivity contribution in [3.63, 3.8) is 0 Å². The molecule has 5 heteroatoms. The first-order valence-electron chi connectivity index (χ1n) is 3.51. The third kappa shape index (κ3) is 1.94. The summed E-state index contributed by atoms with van der Waals surface area (Å²) in [4.78, 5) is 7.40. The van der Waals surface area contributed by atoms with E-state index < -0.39 is 12.3 Å². The summed E-state index contributed by atoms with van der Waals surface area (Å²) in [5, 5.41) is 0. The fraction of sp³-hybridized carbons (Fsp3) is 0.429. The highest BCUT2D eigenvalue weighted by atomic mass is 19.3. The summed E-state index contributed by atoms with van der Waals surface area (Å²) in [5.74, 6) is -0.943. The molecular formula is C7H9F2N3. The minimum atomic E-state index is -2.50. The Hall–Kier alpha value is -1.10. The maximum Gasteiger partial charge on any atom is 0.249 e. The molecule has 0 aliphatic carbocycles. The van der Waals surface area contributed by atoms with E-state index in [-0.39, 0.29) is 12.4 Å². The number of alkyl halides is 2. The lowest BCUT2D eigenvalue weighted by Crippen LogP contribution is -2.21. The van der Waals surface area contributed by atoms with Crippen LogP contribution in [0.15, 0.2) is 18.5 Å². The van der Waals surface area contributed by atoms with Crippen molar-refractivity contribution in [2.75, 3.05) is 6.54 Å². The zero-order valence-corrected chi connectivity index (χ0v) is 6.32. The molecule has 1 rings (SSSR count). The van der Waals surface area contributed by atoms with E-state index in [0.29, 0.717) is 0 Å². The predicted octanol–water partition coefficient (Wildman–Crippen LogP) is 0.784. The molecule has 12 heavy (non-hydrogen) atoms. The van der Waals surface area contributed by atoms with Crippen LogP contribution >= 0.6 is 0 Å². The van der Waals surface area contributed by atoms with Gasteiger partial charge in [0, 0.05) is 18.9 Å². The Morgan fingerprint density at radius 2 is 1.92 bits per heavy atom. The highest BCUT2D eigenvalue weighted by Gasteiger charge is 2.22. The van der Waals surface area contributed by atoms with Crippen LogP contribution in [0.1, 0.15) is 11.7 Å². The molecule has 0 aromatic carbocycles. The Labute approximate surface area is 68.6 Å². The van der Waals surface area contributed by atoms with Gasteiger partial charge < -0.3 is 5.73 Å². The summed E-state index contributed by atoms with van der Waals surface area (Å²) >= 11 is 0. The molecule has 0 radical (unpaired) electrons. The minimum absolute atomic E-state index is 0.106. The van der Waals surface area contributed by atoms with Gasteiger partial charge in [-0.1, -0.05) is 0 Å². The van der Waals surface area contributed by atoms with E-state index in [9.17, 15) is 8.78 Å². The second-order valence-corrected chi connectivity index (χ2v) is 2.28. The van der Waals surface area contributed by atoms with Crippen LogP contribution in [0.4, 0.5) is 8.78 Å². The Morgan fingerprint density at radius 1 is 1.33 bits per heavy atom.